The summed E-state index contributed by atoms with van der Waals surface area (Å²) in [7, 11) is 0. The molecule has 0 saturated carbocycles. The van der Waals surface area contributed by atoms with Crippen molar-refractivity contribution in [2.24, 2.45) is 0 Å². The fourth-order valence-electron chi connectivity index (χ4n) is 0.215. The molecule has 0 bridgehead atoms. The largest absolute Gasteiger partial charge is 0.480 e. The molecule has 1 aromatic rings. The molecule has 1 rings (SSSR count). The zero-order valence-electron chi connectivity index (χ0n) is 5.12. The number of H-pyrrole nitrogens is 1. The lowest BCUT2D eigenvalue weighted by Gasteiger charge is -1.69. The summed E-state index contributed by atoms with van der Waals surface area (Å²) >= 11 is 4.74. The summed E-state index contributed by atoms with van der Waals surface area (Å²) < 4.78 is 0. The van der Waals surface area contributed by atoms with E-state index in [1.807, 2.05) is 0 Å². The van der Waals surface area contributed by atoms with Crippen molar-refractivity contribution in [3.8, 4) is 0 Å². The van der Waals surface area contributed by atoms with Gasteiger partial charge < -0.3 is 10.1 Å². The number of carboxylic acid groups (broad SMARTS) is 1. The zero-order valence-corrected chi connectivity index (χ0v) is 5.88. The van der Waals surface area contributed by atoms with E-state index in [-0.39, 0.29) is 5.88 Å². The first-order valence-electron chi connectivity index (χ1n) is 2.48. The number of aromatic amines is 1. The van der Waals surface area contributed by atoms with Crippen molar-refractivity contribution in [3.63, 3.8) is 0 Å². The third-order valence-electron chi connectivity index (χ3n) is 0.520. The molecule has 0 amide bonds. The summed E-state index contributed by atoms with van der Waals surface area (Å²) in [6.45, 7) is 0. The van der Waals surface area contributed by atoms with E-state index in [1.54, 1.807) is 18.7 Å². The van der Waals surface area contributed by atoms with Crippen LogP contribution in [0.4, 0.5) is 0 Å². The van der Waals surface area contributed by atoms with Gasteiger partial charge in [-0.15, -0.1) is 11.6 Å². The van der Waals surface area contributed by atoms with E-state index >= 15 is 0 Å². The minimum absolute atomic E-state index is 0.306. The third-order valence-corrected chi connectivity index (χ3v) is 0.749. The lowest BCUT2D eigenvalue weighted by molar-refractivity contribution is -0.134. The van der Waals surface area contributed by atoms with Gasteiger partial charge in [0.25, 0.3) is 0 Å². The number of alkyl halides is 1. The Bertz CT molecular complexity index is 147. The van der Waals surface area contributed by atoms with Gasteiger partial charge in [0.05, 0.1) is 6.33 Å². The molecule has 5 heteroatoms. The van der Waals surface area contributed by atoms with Gasteiger partial charge >= 0.3 is 5.97 Å². The van der Waals surface area contributed by atoms with Crippen molar-refractivity contribution in [2.75, 3.05) is 5.88 Å². The van der Waals surface area contributed by atoms with E-state index in [0.717, 1.165) is 0 Å². The molecule has 0 aliphatic carbocycles. The number of carbonyl (C=O) groups is 1. The fraction of sp³-hybridized carbons (Fsp3) is 0.200. The summed E-state index contributed by atoms with van der Waals surface area (Å²) in [6, 6.07) is 0. The number of hydrogen-bond acceptors (Lipinski definition) is 2. The van der Waals surface area contributed by atoms with E-state index in [0.29, 0.717) is 0 Å². The molecule has 1 aromatic heterocycles. The van der Waals surface area contributed by atoms with Gasteiger partial charge in [-0.3, -0.25) is 4.79 Å². The maximum absolute atomic E-state index is 9.24. The number of hydrogen-bond donors (Lipinski definition) is 2. The molecule has 0 saturated heterocycles. The predicted molar refractivity (Wildman–Crippen MR) is 36.9 cm³/mol. The average molecular weight is 163 g/mol. The van der Waals surface area contributed by atoms with Crippen molar-refractivity contribution >= 4 is 17.6 Å². The van der Waals surface area contributed by atoms with Crippen LogP contribution in [0.2, 0.25) is 0 Å². The Morgan fingerprint density at radius 3 is 2.50 bits per heavy atom. The molecule has 1 heterocycles. The van der Waals surface area contributed by atoms with Crippen molar-refractivity contribution in [1.29, 1.82) is 0 Å². The van der Waals surface area contributed by atoms with Crippen LogP contribution in [0.25, 0.3) is 0 Å². The highest BCUT2D eigenvalue weighted by molar-refractivity contribution is 6.26. The predicted octanol–water partition coefficient (Wildman–Crippen LogP) is 0.719. The Kier molecular flexibility index (Phi) is 5.47. The summed E-state index contributed by atoms with van der Waals surface area (Å²) in [5.41, 5.74) is 0. The number of nitrogens with one attached hydrogen (secondary N) is 1. The molecule has 10 heavy (non-hydrogen) atoms. The Hall–Kier alpha value is -1.03. The molecule has 0 aliphatic rings. The maximum atomic E-state index is 9.24. The highest BCUT2D eigenvalue weighted by Crippen LogP contribution is 1.67. The van der Waals surface area contributed by atoms with Crippen LogP contribution < -0.4 is 0 Å². The van der Waals surface area contributed by atoms with Crippen molar-refractivity contribution in [1.82, 2.24) is 9.97 Å². The lowest BCUT2D eigenvalue weighted by atomic mass is 10.8. The van der Waals surface area contributed by atoms with Crippen LogP contribution in [0.3, 0.4) is 0 Å². The molecule has 4 nitrogen and oxygen atoms in total. The van der Waals surface area contributed by atoms with Gasteiger partial charge in [0.1, 0.15) is 5.88 Å². The normalized spacial score (nSPS) is 7.70. The molecule has 0 atom stereocenters. The van der Waals surface area contributed by atoms with E-state index < -0.39 is 5.97 Å². The Balaban J connectivity index is 0.000000162. The van der Waals surface area contributed by atoms with E-state index in [1.165, 1.54) is 0 Å². The van der Waals surface area contributed by atoms with E-state index in [4.69, 9.17) is 16.7 Å². The second-order valence-corrected chi connectivity index (χ2v) is 1.56. The first-order chi connectivity index (χ1) is 4.77. The van der Waals surface area contributed by atoms with Crippen LogP contribution in [-0.4, -0.2) is 26.9 Å². The lowest BCUT2D eigenvalue weighted by Crippen LogP contribution is -1.92. The smallest absolute Gasteiger partial charge is 0.318 e. The number of halogens is 1. The van der Waals surface area contributed by atoms with Gasteiger partial charge in [-0.25, -0.2) is 4.98 Å². The Morgan fingerprint density at radius 1 is 1.80 bits per heavy atom. The van der Waals surface area contributed by atoms with Crippen LogP contribution in [-0.2, 0) is 4.79 Å². The van der Waals surface area contributed by atoms with Gasteiger partial charge in [0, 0.05) is 12.4 Å². The van der Waals surface area contributed by atoms with Gasteiger partial charge in [-0.1, -0.05) is 0 Å². The molecule has 0 spiro atoms. The second kappa shape index (κ2) is 6.10. The quantitative estimate of drug-likeness (QED) is 0.598. The number of aliphatic carboxylic acids is 1. The molecule has 0 radical (unpaired) electrons. The average Bonchev–Trinajstić information content (AvgIpc) is 2.43. The summed E-state index contributed by atoms with van der Waals surface area (Å²) in [4.78, 5) is 15.7. The molecule has 56 valence electrons. The Labute approximate surface area is 62.9 Å². The van der Waals surface area contributed by atoms with E-state index in [2.05, 4.69) is 9.97 Å². The van der Waals surface area contributed by atoms with Crippen molar-refractivity contribution < 1.29 is 9.90 Å². The first-order valence-corrected chi connectivity index (χ1v) is 3.01. The van der Waals surface area contributed by atoms with Crippen LogP contribution in [0.1, 0.15) is 0 Å². The molecular weight excluding hydrogens is 156 g/mol. The van der Waals surface area contributed by atoms with Crippen LogP contribution >= 0.6 is 11.6 Å². The van der Waals surface area contributed by atoms with Gasteiger partial charge in [0.2, 0.25) is 0 Å². The Morgan fingerprint density at radius 2 is 2.40 bits per heavy atom. The molecule has 0 fully saturated rings. The highest BCUT2D eigenvalue weighted by Gasteiger charge is 1.83. The summed E-state index contributed by atoms with van der Waals surface area (Å²) in [6.07, 6.45) is 5.08. The highest BCUT2D eigenvalue weighted by atomic mass is 35.5. The molecule has 0 unspecified atom stereocenters. The van der Waals surface area contributed by atoms with Crippen molar-refractivity contribution in [2.45, 2.75) is 0 Å². The maximum Gasteiger partial charge on any atom is 0.318 e. The third kappa shape index (κ3) is 6.97. The van der Waals surface area contributed by atoms with Gasteiger partial charge in [-0.2, -0.15) is 0 Å². The molecular formula is C5H7ClN2O2. The minimum atomic E-state index is -0.980. The molecule has 0 aromatic carbocycles. The van der Waals surface area contributed by atoms with Crippen LogP contribution in [0.5, 0.6) is 0 Å². The topological polar surface area (TPSA) is 66.0 Å². The number of aromatic nitrogens is 2. The zero-order chi connectivity index (χ0) is 7.82. The monoisotopic (exact) mass is 162 g/mol. The molecule has 0 aliphatic heterocycles. The minimum Gasteiger partial charge on any atom is -0.480 e. The van der Waals surface area contributed by atoms with Crippen LogP contribution in [0, 0.1) is 0 Å². The number of nitrogens with zero attached hydrogens (tertiary/aromatic N) is 1. The number of rotatable bonds is 1. The van der Waals surface area contributed by atoms with Gasteiger partial charge in [0.15, 0.2) is 0 Å². The standard InChI is InChI=1S/C3H4N2.C2H3ClO2/c1-2-5-3-4-1;3-1-2(4)5/h1-3H,(H,4,5);1H2,(H,4,5). The summed E-state index contributed by atoms with van der Waals surface area (Å²) in [5.74, 6) is -1.29. The fourth-order valence-corrected chi connectivity index (χ4v) is 0.215. The van der Waals surface area contributed by atoms with Crippen LogP contribution in [0.15, 0.2) is 18.7 Å². The van der Waals surface area contributed by atoms with Crippen molar-refractivity contribution in [3.05, 3.63) is 18.7 Å². The van der Waals surface area contributed by atoms with E-state index in [9.17, 15) is 4.79 Å². The first kappa shape index (κ1) is 8.97. The van der Waals surface area contributed by atoms with Gasteiger partial charge in [-0.05, 0) is 0 Å². The molecule has 2 N–H and O–H groups in total. The number of carboxylic acids is 1. The summed E-state index contributed by atoms with van der Waals surface area (Å²) in [5, 5.41) is 7.59. The number of imidazole rings is 1. The SMILES string of the molecule is O=C(O)CCl.c1c[nH]cn1. The second-order valence-electron chi connectivity index (χ2n) is 1.29.